The molecule has 96 valence electrons. The van der Waals surface area contributed by atoms with Gasteiger partial charge in [-0.1, -0.05) is 46.3 Å². The fraction of sp³-hybridized carbons (Fsp3) is 0.143. The van der Waals surface area contributed by atoms with E-state index in [0.717, 1.165) is 16.6 Å². The average molecular weight is 274 g/mol. The van der Waals surface area contributed by atoms with Gasteiger partial charge in [-0.2, -0.15) is 0 Å². The van der Waals surface area contributed by atoms with Gasteiger partial charge in [0, 0.05) is 5.02 Å². The Labute approximate surface area is 115 Å². The second-order valence-corrected chi connectivity index (χ2v) is 4.79. The minimum Gasteiger partial charge on any atom is -0.390 e. The molecular formula is C14H12ClN3O. The third-order valence-corrected chi connectivity index (χ3v) is 3.09. The molecule has 0 amide bonds. The topological polar surface area (TPSA) is 39.9 Å². The van der Waals surface area contributed by atoms with Crippen LogP contribution in [0.15, 0.2) is 42.5 Å². The Kier molecular flexibility index (Phi) is 3.09. The van der Waals surface area contributed by atoms with Crippen LogP contribution in [0, 0.1) is 6.92 Å². The van der Waals surface area contributed by atoms with Gasteiger partial charge in [0.15, 0.2) is 0 Å². The summed E-state index contributed by atoms with van der Waals surface area (Å²) < 4.78 is 0. The van der Waals surface area contributed by atoms with Crippen LogP contribution < -0.4 is 4.84 Å². The van der Waals surface area contributed by atoms with Crippen LogP contribution in [0.1, 0.15) is 11.1 Å². The largest absolute Gasteiger partial charge is 0.390 e. The lowest BCUT2D eigenvalue weighted by molar-refractivity contribution is 0.0751. The number of rotatable bonds is 3. The molecule has 0 radical (unpaired) electrons. The van der Waals surface area contributed by atoms with Crippen LogP contribution in [0.5, 0.6) is 0 Å². The fourth-order valence-electron chi connectivity index (χ4n) is 1.79. The lowest BCUT2D eigenvalue weighted by atomic mass is 10.2. The quantitative estimate of drug-likeness (QED) is 0.736. The molecule has 0 saturated carbocycles. The van der Waals surface area contributed by atoms with E-state index in [4.69, 9.17) is 16.4 Å². The molecule has 0 spiro atoms. The lowest BCUT2D eigenvalue weighted by Gasteiger charge is -2.05. The Morgan fingerprint density at radius 2 is 1.95 bits per heavy atom. The van der Waals surface area contributed by atoms with E-state index in [0.29, 0.717) is 11.6 Å². The third-order valence-electron chi connectivity index (χ3n) is 2.85. The van der Waals surface area contributed by atoms with Crippen LogP contribution in [-0.4, -0.2) is 15.2 Å². The first-order valence-corrected chi connectivity index (χ1v) is 6.30. The van der Waals surface area contributed by atoms with Gasteiger partial charge in [0.05, 0.1) is 0 Å². The Morgan fingerprint density at radius 3 is 2.74 bits per heavy atom. The summed E-state index contributed by atoms with van der Waals surface area (Å²) in [6, 6.07) is 13.5. The molecular weight excluding hydrogens is 262 g/mol. The summed E-state index contributed by atoms with van der Waals surface area (Å²) in [7, 11) is 0. The van der Waals surface area contributed by atoms with E-state index in [1.807, 2.05) is 18.2 Å². The summed E-state index contributed by atoms with van der Waals surface area (Å²) in [5.74, 6) is 0. The first-order valence-electron chi connectivity index (χ1n) is 5.92. The molecule has 0 N–H and O–H groups in total. The number of hydrogen-bond acceptors (Lipinski definition) is 3. The number of hydrogen-bond donors (Lipinski definition) is 0. The van der Waals surface area contributed by atoms with Gasteiger partial charge in [-0.15, -0.1) is 5.10 Å². The molecule has 1 heterocycles. The summed E-state index contributed by atoms with van der Waals surface area (Å²) >= 11 is 5.96. The molecule has 0 atom stereocenters. The monoisotopic (exact) mass is 273 g/mol. The SMILES string of the molecule is Cc1ccc(COn2nnc3ccc(Cl)cc32)cc1. The first-order chi connectivity index (χ1) is 9.22. The van der Waals surface area contributed by atoms with Gasteiger partial charge >= 0.3 is 0 Å². The van der Waals surface area contributed by atoms with Crippen molar-refractivity contribution in [2.45, 2.75) is 13.5 Å². The molecule has 0 aliphatic carbocycles. The Morgan fingerprint density at radius 1 is 1.16 bits per heavy atom. The van der Waals surface area contributed by atoms with Crippen LogP contribution in [0.3, 0.4) is 0 Å². The van der Waals surface area contributed by atoms with Crippen LogP contribution in [-0.2, 0) is 6.61 Å². The van der Waals surface area contributed by atoms with Crippen molar-refractivity contribution in [1.29, 1.82) is 0 Å². The minimum absolute atomic E-state index is 0.436. The van der Waals surface area contributed by atoms with Crippen LogP contribution in [0.2, 0.25) is 5.02 Å². The van der Waals surface area contributed by atoms with E-state index in [9.17, 15) is 0 Å². The molecule has 0 aliphatic rings. The van der Waals surface area contributed by atoms with Gasteiger partial charge in [-0.05, 0) is 35.9 Å². The summed E-state index contributed by atoms with van der Waals surface area (Å²) in [5, 5.41) is 8.60. The summed E-state index contributed by atoms with van der Waals surface area (Å²) in [6.07, 6.45) is 0. The average Bonchev–Trinajstić information content (AvgIpc) is 2.80. The maximum Gasteiger partial charge on any atom is 0.142 e. The normalized spacial score (nSPS) is 10.8. The molecule has 3 aromatic rings. The van der Waals surface area contributed by atoms with Crippen molar-refractivity contribution in [2.24, 2.45) is 0 Å². The number of halogens is 1. The third kappa shape index (κ3) is 2.53. The molecule has 19 heavy (non-hydrogen) atoms. The predicted molar refractivity (Wildman–Crippen MR) is 74.0 cm³/mol. The standard InChI is InChI=1S/C14H12ClN3O/c1-10-2-4-11(5-3-10)9-19-18-14-8-12(15)6-7-13(14)16-17-18/h2-8H,9H2,1H3. The number of benzene rings is 2. The van der Waals surface area contributed by atoms with E-state index >= 15 is 0 Å². The summed E-state index contributed by atoms with van der Waals surface area (Å²) in [6.45, 7) is 2.49. The summed E-state index contributed by atoms with van der Waals surface area (Å²) in [5.41, 5.74) is 3.82. The van der Waals surface area contributed by atoms with Crippen molar-refractivity contribution < 1.29 is 4.84 Å². The highest BCUT2D eigenvalue weighted by Gasteiger charge is 2.06. The second kappa shape index (κ2) is 4.90. The van der Waals surface area contributed by atoms with Crippen molar-refractivity contribution in [1.82, 2.24) is 15.2 Å². The maximum absolute atomic E-state index is 5.96. The summed E-state index contributed by atoms with van der Waals surface area (Å²) in [4.78, 5) is 7.03. The zero-order chi connectivity index (χ0) is 13.2. The van der Waals surface area contributed by atoms with E-state index in [2.05, 4.69) is 29.4 Å². The molecule has 0 aliphatic heterocycles. The predicted octanol–water partition coefficient (Wildman–Crippen LogP) is 3.02. The Hall–Kier alpha value is -2.07. The first kappa shape index (κ1) is 12.0. The maximum atomic E-state index is 5.96. The van der Waals surface area contributed by atoms with E-state index in [-0.39, 0.29) is 0 Å². The fourth-order valence-corrected chi connectivity index (χ4v) is 1.95. The van der Waals surface area contributed by atoms with Crippen LogP contribution in [0.4, 0.5) is 0 Å². The van der Waals surface area contributed by atoms with Crippen molar-refractivity contribution in [3.63, 3.8) is 0 Å². The Bertz CT molecular complexity index is 706. The molecule has 0 saturated heterocycles. The van der Waals surface area contributed by atoms with E-state index in [1.54, 1.807) is 12.1 Å². The minimum atomic E-state index is 0.436. The van der Waals surface area contributed by atoms with Crippen LogP contribution >= 0.6 is 11.6 Å². The second-order valence-electron chi connectivity index (χ2n) is 4.35. The highest BCUT2D eigenvalue weighted by atomic mass is 35.5. The Balaban J connectivity index is 1.81. The van der Waals surface area contributed by atoms with Crippen molar-refractivity contribution >= 4 is 22.6 Å². The number of nitrogens with zero attached hydrogens (tertiary/aromatic N) is 3. The van der Waals surface area contributed by atoms with Gasteiger partial charge < -0.3 is 4.84 Å². The van der Waals surface area contributed by atoms with Crippen LogP contribution in [0.25, 0.3) is 11.0 Å². The smallest absolute Gasteiger partial charge is 0.142 e. The van der Waals surface area contributed by atoms with Gasteiger partial charge in [-0.3, -0.25) is 0 Å². The van der Waals surface area contributed by atoms with Gasteiger partial charge in [-0.25, -0.2) is 0 Å². The van der Waals surface area contributed by atoms with Crippen molar-refractivity contribution in [3.8, 4) is 0 Å². The zero-order valence-corrected chi connectivity index (χ0v) is 11.1. The van der Waals surface area contributed by atoms with Crippen molar-refractivity contribution in [2.75, 3.05) is 0 Å². The van der Waals surface area contributed by atoms with Gasteiger partial charge in [0.1, 0.15) is 17.6 Å². The van der Waals surface area contributed by atoms with Gasteiger partial charge in [0.2, 0.25) is 0 Å². The van der Waals surface area contributed by atoms with E-state index < -0.39 is 0 Å². The molecule has 4 nitrogen and oxygen atoms in total. The number of aromatic nitrogens is 3. The molecule has 0 unspecified atom stereocenters. The molecule has 1 aromatic heterocycles. The van der Waals surface area contributed by atoms with E-state index in [1.165, 1.54) is 10.4 Å². The molecule has 5 heteroatoms. The molecule has 0 fully saturated rings. The number of aryl methyl sites for hydroxylation is 1. The van der Waals surface area contributed by atoms with Crippen molar-refractivity contribution in [3.05, 3.63) is 58.6 Å². The highest BCUT2D eigenvalue weighted by molar-refractivity contribution is 6.31. The highest BCUT2D eigenvalue weighted by Crippen LogP contribution is 2.16. The molecule has 2 aromatic carbocycles. The van der Waals surface area contributed by atoms with Gasteiger partial charge in [0.25, 0.3) is 0 Å². The molecule has 0 bridgehead atoms. The zero-order valence-electron chi connectivity index (χ0n) is 10.4. The number of fused-ring (bicyclic) bond motifs is 1. The lowest BCUT2D eigenvalue weighted by Crippen LogP contribution is -2.12. The molecule has 3 rings (SSSR count).